The number of halogens is 1. The Morgan fingerprint density at radius 2 is 2.33 bits per heavy atom. The van der Waals surface area contributed by atoms with Crippen molar-refractivity contribution in [3.05, 3.63) is 16.9 Å². The molecular weight excluding hydrogens is 258 g/mol. The Morgan fingerprint density at radius 3 is 2.89 bits per heavy atom. The zero-order valence-electron chi connectivity index (χ0n) is 9.91. The third-order valence-corrected chi connectivity index (χ3v) is 3.62. The van der Waals surface area contributed by atoms with Gasteiger partial charge in [-0.15, -0.1) is 0 Å². The molecule has 0 spiro atoms. The summed E-state index contributed by atoms with van der Waals surface area (Å²) in [5.41, 5.74) is -0.0442. The quantitative estimate of drug-likeness (QED) is 0.749. The van der Waals surface area contributed by atoms with Gasteiger partial charge in [0.05, 0.1) is 17.8 Å². The number of nitrogens with one attached hydrogen (secondary N) is 2. The number of aromatic nitrogens is 2. The number of rotatable bonds is 4. The number of hydrogen-bond donors (Lipinski definition) is 3. The molecule has 0 aromatic carbocycles. The largest absolute Gasteiger partial charge is 0.396 e. The Morgan fingerprint density at radius 1 is 1.61 bits per heavy atom. The van der Waals surface area contributed by atoms with E-state index in [1.165, 1.54) is 6.20 Å². The van der Waals surface area contributed by atoms with Crippen LogP contribution in [0, 0.1) is 5.41 Å². The van der Waals surface area contributed by atoms with E-state index < -0.39 is 0 Å². The monoisotopic (exact) mass is 273 g/mol. The van der Waals surface area contributed by atoms with Gasteiger partial charge in [0.15, 0.2) is 0 Å². The van der Waals surface area contributed by atoms with E-state index in [1.54, 1.807) is 0 Å². The summed E-state index contributed by atoms with van der Waals surface area (Å²) in [5.74, 6) is -0.309. The molecule has 1 aromatic rings. The van der Waals surface area contributed by atoms with Crippen LogP contribution in [0.1, 0.15) is 23.3 Å². The topological polar surface area (TPSA) is 87.2 Å². The van der Waals surface area contributed by atoms with Crippen molar-refractivity contribution in [2.75, 3.05) is 26.4 Å². The van der Waals surface area contributed by atoms with Crippen LogP contribution in [0.2, 0.25) is 5.02 Å². The highest BCUT2D eigenvalue weighted by Gasteiger charge is 2.32. The van der Waals surface area contributed by atoms with Gasteiger partial charge in [0.2, 0.25) is 0 Å². The smallest absolute Gasteiger partial charge is 0.270 e. The van der Waals surface area contributed by atoms with E-state index in [1.807, 2.05) is 0 Å². The second-order valence-electron chi connectivity index (χ2n) is 4.55. The Hall–Kier alpha value is -1.11. The predicted molar refractivity (Wildman–Crippen MR) is 65.5 cm³/mol. The fourth-order valence-corrected chi connectivity index (χ4v) is 2.16. The van der Waals surface area contributed by atoms with E-state index in [4.69, 9.17) is 16.3 Å². The molecule has 18 heavy (non-hydrogen) atoms. The van der Waals surface area contributed by atoms with Crippen molar-refractivity contribution in [3.63, 3.8) is 0 Å². The lowest BCUT2D eigenvalue weighted by atomic mass is 9.81. The first-order valence-corrected chi connectivity index (χ1v) is 6.20. The van der Waals surface area contributed by atoms with Gasteiger partial charge in [-0.1, -0.05) is 11.6 Å². The molecule has 1 aliphatic heterocycles. The summed E-state index contributed by atoms with van der Waals surface area (Å²) in [6.45, 7) is 1.66. The van der Waals surface area contributed by atoms with Gasteiger partial charge in [-0.3, -0.25) is 9.89 Å². The number of aromatic amines is 1. The second-order valence-corrected chi connectivity index (χ2v) is 4.95. The molecule has 100 valence electrons. The summed E-state index contributed by atoms with van der Waals surface area (Å²) in [6.07, 6.45) is 2.85. The van der Waals surface area contributed by atoms with Crippen molar-refractivity contribution in [3.8, 4) is 0 Å². The van der Waals surface area contributed by atoms with Crippen molar-refractivity contribution in [2.45, 2.75) is 12.8 Å². The zero-order valence-corrected chi connectivity index (χ0v) is 10.7. The van der Waals surface area contributed by atoms with E-state index in [2.05, 4.69) is 15.5 Å². The summed E-state index contributed by atoms with van der Waals surface area (Å²) in [6, 6.07) is 0. The predicted octanol–water partition coefficient (Wildman–Crippen LogP) is 0.582. The summed E-state index contributed by atoms with van der Waals surface area (Å²) in [5, 5.41) is 18.8. The van der Waals surface area contributed by atoms with E-state index in [0.717, 1.165) is 12.8 Å². The van der Waals surface area contributed by atoms with Gasteiger partial charge in [-0.05, 0) is 12.8 Å². The van der Waals surface area contributed by atoms with Crippen LogP contribution in [0.3, 0.4) is 0 Å². The molecule has 1 aliphatic rings. The van der Waals surface area contributed by atoms with Gasteiger partial charge in [0.25, 0.3) is 5.91 Å². The molecular formula is C11H16ClN3O3. The van der Waals surface area contributed by atoms with Gasteiger partial charge in [0, 0.05) is 25.2 Å². The Kier molecular flexibility index (Phi) is 4.21. The second kappa shape index (κ2) is 5.69. The number of carbonyl (C=O) groups excluding carboxylic acids is 1. The SMILES string of the molecule is O=C(NCC1(CO)CCOCC1)c1[nH]ncc1Cl. The fourth-order valence-electron chi connectivity index (χ4n) is 1.98. The lowest BCUT2D eigenvalue weighted by Gasteiger charge is -2.35. The summed E-state index contributed by atoms with van der Waals surface area (Å²) in [7, 11) is 0. The summed E-state index contributed by atoms with van der Waals surface area (Å²) >= 11 is 5.80. The number of carbonyl (C=O) groups is 1. The Bertz CT molecular complexity index is 415. The van der Waals surface area contributed by atoms with Crippen molar-refractivity contribution in [1.29, 1.82) is 0 Å². The molecule has 1 saturated heterocycles. The molecule has 0 bridgehead atoms. The number of nitrogens with zero attached hydrogens (tertiary/aromatic N) is 1. The minimum absolute atomic E-state index is 0.0351. The molecule has 3 N–H and O–H groups in total. The highest BCUT2D eigenvalue weighted by atomic mass is 35.5. The number of aliphatic hydroxyl groups is 1. The highest BCUT2D eigenvalue weighted by Crippen LogP contribution is 2.29. The number of H-pyrrole nitrogens is 1. The maximum absolute atomic E-state index is 11.8. The van der Waals surface area contributed by atoms with Crippen molar-refractivity contribution in [2.24, 2.45) is 5.41 Å². The van der Waals surface area contributed by atoms with Crippen LogP contribution in [0.5, 0.6) is 0 Å². The molecule has 0 saturated carbocycles. The minimum atomic E-state index is -0.309. The van der Waals surface area contributed by atoms with Crippen LogP contribution in [-0.4, -0.2) is 47.6 Å². The summed E-state index contributed by atoms with van der Waals surface area (Å²) in [4.78, 5) is 11.8. The highest BCUT2D eigenvalue weighted by molar-refractivity contribution is 6.33. The van der Waals surface area contributed by atoms with Gasteiger partial charge >= 0.3 is 0 Å². The summed E-state index contributed by atoms with van der Waals surface area (Å²) < 4.78 is 5.26. The average Bonchev–Trinajstić information content (AvgIpc) is 2.83. The van der Waals surface area contributed by atoms with Gasteiger partial charge in [0.1, 0.15) is 5.69 Å². The van der Waals surface area contributed by atoms with Crippen molar-refractivity contribution < 1.29 is 14.6 Å². The maximum Gasteiger partial charge on any atom is 0.270 e. The molecule has 0 atom stereocenters. The maximum atomic E-state index is 11.8. The van der Waals surface area contributed by atoms with Crippen LogP contribution in [0.25, 0.3) is 0 Å². The van der Waals surface area contributed by atoms with Gasteiger partial charge < -0.3 is 15.2 Å². The first-order valence-electron chi connectivity index (χ1n) is 5.82. The van der Waals surface area contributed by atoms with Gasteiger partial charge in [-0.2, -0.15) is 5.10 Å². The number of ether oxygens (including phenoxy) is 1. The third-order valence-electron chi connectivity index (χ3n) is 3.33. The molecule has 2 heterocycles. The molecule has 1 amide bonds. The van der Waals surface area contributed by atoms with Crippen molar-refractivity contribution >= 4 is 17.5 Å². The van der Waals surface area contributed by atoms with E-state index in [0.29, 0.717) is 19.8 Å². The molecule has 1 aromatic heterocycles. The fraction of sp³-hybridized carbons (Fsp3) is 0.636. The number of aliphatic hydroxyl groups excluding tert-OH is 1. The van der Waals surface area contributed by atoms with Crippen LogP contribution >= 0.6 is 11.6 Å². The first-order chi connectivity index (χ1) is 8.67. The lowest BCUT2D eigenvalue weighted by Crippen LogP contribution is -2.43. The van der Waals surface area contributed by atoms with Crippen LogP contribution in [-0.2, 0) is 4.74 Å². The molecule has 6 nitrogen and oxygen atoms in total. The molecule has 1 fully saturated rings. The zero-order chi connectivity index (χ0) is 13.0. The molecule has 0 radical (unpaired) electrons. The number of amides is 1. The molecule has 0 unspecified atom stereocenters. The van der Waals surface area contributed by atoms with E-state index >= 15 is 0 Å². The average molecular weight is 274 g/mol. The molecule has 0 aliphatic carbocycles. The molecule has 2 rings (SSSR count). The minimum Gasteiger partial charge on any atom is -0.396 e. The van der Waals surface area contributed by atoms with Crippen LogP contribution < -0.4 is 5.32 Å². The Balaban J connectivity index is 1.94. The standard InChI is InChI=1S/C11H16ClN3O3/c12-8-5-14-15-9(8)10(17)13-6-11(7-16)1-3-18-4-2-11/h5,16H,1-4,6-7H2,(H,13,17)(H,14,15). The Labute approximate surface area is 110 Å². The van der Waals surface area contributed by atoms with Crippen molar-refractivity contribution in [1.82, 2.24) is 15.5 Å². The van der Waals surface area contributed by atoms with Crippen LogP contribution in [0.15, 0.2) is 6.20 Å². The van der Waals surface area contributed by atoms with Gasteiger partial charge in [-0.25, -0.2) is 0 Å². The van der Waals surface area contributed by atoms with E-state index in [-0.39, 0.29) is 28.6 Å². The van der Waals surface area contributed by atoms with E-state index in [9.17, 15) is 9.90 Å². The van der Waals surface area contributed by atoms with Crippen LogP contribution in [0.4, 0.5) is 0 Å². The lowest BCUT2D eigenvalue weighted by molar-refractivity contribution is -0.0146. The molecule has 7 heteroatoms. The first kappa shape index (κ1) is 13.3. The normalized spacial score (nSPS) is 18.6. The number of hydrogen-bond acceptors (Lipinski definition) is 4. The third kappa shape index (κ3) is 2.82.